The summed E-state index contributed by atoms with van der Waals surface area (Å²) in [6, 6.07) is 1.75. The van der Waals surface area contributed by atoms with Crippen LogP contribution in [0.3, 0.4) is 0 Å². The van der Waals surface area contributed by atoms with Crippen molar-refractivity contribution in [3.8, 4) is 0 Å². The number of carbonyl (C=O) groups is 1. The molecule has 0 radical (unpaired) electrons. The second kappa shape index (κ2) is 6.72. The van der Waals surface area contributed by atoms with E-state index in [1.54, 1.807) is 13.2 Å². The molecule has 0 fully saturated rings. The molecular weight excluding hydrogens is 340 g/mol. The van der Waals surface area contributed by atoms with Crippen molar-refractivity contribution in [1.82, 2.24) is 9.78 Å². The van der Waals surface area contributed by atoms with E-state index in [9.17, 15) is 13.8 Å². The van der Waals surface area contributed by atoms with Crippen molar-refractivity contribution in [2.45, 2.75) is 44.7 Å². The predicted molar refractivity (Wildman–Crippen MR) is 95.7 cm³/mol. The number of nitrogens with one attached hydrogen (secondary N) is 1. The van der Waals surface area contributed by atoms with Gasteiger partial charge in [-0.25, -0.2) is 0 Å². The monoisotopic (exact) mass is 362 g/mol. The Kier molecular flexibility index (Phi) is 4.79. The fourth-order valence-corrected chi connectivity index (χ4v) is 5.07. The molecule has 1 aromatic heterocycles. The first-order valence-electron chi connectivity index (χ1n) is 8.28. The first-order chi connectivity index (χ1) is 11.9. The number of H-pyrrole nitrogens is 1. The molecule has 0 spiro atoms. The molecular formula is C18H22N2O4S. The van der Waals surface area contributed by atoms with Crippen LogP contribution in [-0.4, -0.2) is 32.6 Å². The molecule has 1 aliphatic rings. The van der Waals surface area contributed by atoms with Gasteiger partial charge < -0.3 is 9.84 Å². The molecule has 0 aliphatic carbocycles. The lowest BCUT2D eigenvalue weighted by atomic mass is 9.90. The maximum Gasteiger partial charge on any atom is 0.277 e. The number of ketones is 1. The molecule has 2 unspecified atom stereocenters. The van der Waals surface area contributed by atoms with Gasteiger partial charge in [0.1, 0.15) is 5.56 Å². The average molecular weight is 362 g/mol. The summed E-state index contributed by atoms with van der Waals surface area (Å²) in [7, 11) is 0.533. The van der Waals surface area contributed by atoms with Crippen molar-refractivity contribution in [3.63, 3.8) is 0 Å². The van der Waals surface area contributed by atoms with Gasteiger partial charge in [0.15, 0.2) is 5.78 Å². The first-order valence-corrected chi connectivity index (χ1v) is 9.60. The number of fused-ring (bicyclic) bond motifs is 1. The van der Waals surface area contributed by atoms with E-state index in [0.717, 1.165) is 21.6 Å². The van der Waals surface area contributed by atoms with Crippen molar-refractivity contribution in [3.05, 3.63) is 50.4 Å². The van der Waals surface area contributed by atoms with Gasteiger partial charge in [0.2, 0.25) is 0 Å². The quantitative estimate of drug-likeness (QED) is 0.846. The number of ether oxygens (including phenoxy) is 1. The summed E-state index contributed by atoms with van der Waals surface area (Å²) in [4.78, 5) is 26.1. The van der Waals surface area contributed by atoms with Crippen LogP contribution in [0, 0.1) is 13.8 Å². The maximum atomic E-state index is 13.0. The number of hydrogen-bond acceptors (Lipinski definition) is 4. The molecule has 0 amide bonds. The third kappa shape index (κ3) is 2.81. The zero-order valence-corrected chi connectivity index (χ0v) is 15.7. The number of nitrogens with zero attached hydrogens (tertiary/aromatic N) is 1. The van der Waals surface area contributed by atoms with E-state index < -0.39 is 10.8 Å². The Balaban J connectivity index is 2.20. The molecule has 25 heavy (non-hydrogen) atoms. The van der Waals surface area contributed by atoms with Gasteiger partial charge in [0.25, 0.3) is 5.56 Å². The molecule has 1 aromatic carbocycles. The third-order valence-corrected chi connectivity index (χ3v) is 6.42. The lowest BCUT2D eigenvalue weighted by molar-refractivity contribution is 0.0956. The molecule has 1 N–H and O–H groups in total. The van der Waals surface area contributed by atoms with Crippen LogP contribution in [0.2, 0.25) is 0 Å². The Labute approximate surface area is 148 Å². The molecule has 0 saturated carbocycles. The summed E-state index contributed by atoms with van der Waals surface area (Å²) in [6.07, 6.45) is 1.92. The van der Waals surface area contributed by atoms with Crippen LogP contribution in [0.1, 0.15) is 52.1 Å². The highest BCUT2D eigenvalue weighted by Crippen LogP contribution is 2.38. The van der Waals surface area contributed by atoms with Crippen LogP contribution in [0.25, 0.3) is 0 Å². The summed E-state index contributed by atoms with van der Waals surface area (Å²) in [5.74, 6) is 0.237. The Morgan fingerprint density at radius 1 is 1.40 bits per heavy atom. The second-order valence-corrected chi connectivity index (χ2v) is 7.74. The van der Waals surface area contributed by atoms with E-state index in [1.807, 2.05) is 20.8 Å². The smallest absolute Gasteiger partial charge is 0.277 e. The highest BCUT2D eigenvalue weighted by molar-refractivity contribution is 7.85. The number of aromatic amines is 1. The Bertz CT molecular complexity index is 926. The van der Waals surface area contributed by atoms with Crippen molar-refractivity contribution >= 4 is 16.6 Å². The van der Waals surface area contributed by atoms with E-state index in [0.29, 0.717) is 24.3 Å². The number of aromatic nitrogens is 2. The van der Waals surface area contributed by atoms with Gasteiger partial charge in [0, 0.05) is 41.6 Å². The molecule has 6 nitrogen and oxygen atoms in total. The number of carbonyl (C=O) groups excluding carboxylic acids is 1. The second-order valence-electron chi connectivity index (χ2n) is 6.24. The molecule has 134 valence electrons. The van der Waals surface area contributed by atoms with Crippen molar-refractivity contribution < 1.29 is 13.7 Å². The molecule has 3 rings (SSSR count). The normalized spacial score (nSPS) is 19.7. The number of hydrogen-bond donors (Lipinski definition) is 1. The summed E-state index contributed by atoms with van der Waals surface area (Å²) in [6.45, 7) is 6.00. The molecule has 1 aliphatic heterocycles. The molecule has 2 heterocycles. The van der Waals surface area contributed by atoms with Crippen LogP contribution < -0.4 is 5.56 Å². The van der Waals surface area contributed by atoms with Crippen molar-refractivity contribution in [1.29, 1.82) is 0 Å². The molecule has 7 heteroatoms. The fourth-order valence-electron chi connectivity index (χ4n) is 3.49. The predicted octanol–water partition coefficient (Wildman–Crippen LogP) is 2.24. The van der Waals surface area contributed by atoms with Gasteiger partial charge >= 0.3 is 0 Å². The van der Waals surface area contributed by atoms with Crippen LogP contribution in [0.4, 0.5) is 0 Å². The zero-order valence-electron chi connectivity index (χ0n) is 14.8. The molecule has 0 saturated heterocycles. The summed E-state index contributed by atoms with van der Waals surface area (Å²) in [5.41, 5.74) is 2.65. The Morgan fingerprint density at radius 2 is 2.12 bits per heavy atom. The summed E-state index contributed by atoms with van der Waals surface area (Å²) < 4.78 is 19.4. The standard InChI is InChI=1S/C18H22N2O4S/c1-5-20-18(22)13(9-19-20)16(21)12-8-10(2)17-15(11(12)3)14(24-4)6-7-25(17)23/h8-9,14,19H,5-7H2,1-4H3. The number of benzene rings is 1. The SMILES string of the molecule is CCn1[nH]cc(C(=O)c2cc(C)c3c(c2C)C(OC)CCS3=O)c1=O. The largest absolute Gasteiger partial charge is 0.377 e. The van der Waals surface area contributed by atoms with Crippen LogP contribution in [-0.2, 0) is 22.1 Å². The summed E-state index contributed by atoms with van der Waals surface area (Å²) >= 11 is 0. The lowest BCUT2D eigenvalue weighted by Gasteiger charge is -2.28. The molecule has 2 atom stereocenters. The van der Waals surface area contributed by atoms with Crippen molar-refractivity contribution in [2.24, 2.45) is 0 Å². The molecule has 0 bridgehead atoms. The number of aryl methyl sites for hydroxylation is 2. The third-order valence-electron chi connectivity index (χ3n) is 4.82. The highest BCUT2D eigenvalue weighted by Gasteiger charge is 2.31. The Hall–Kier alpha value is -1.99. The topological polar surface area (TPSA) is 81.2 Å². The number of rotatable bonds is 4. The van der Waals surface area contributed by atoms with E-state index >= 15 is 0 Å². The molecule has 2 aromatic rings. The van der Waals surface area contributed by atoms with E-state index in [4.69, 9.17) is 4.74 Å². The zero-order chi connectivity index (χ0) is 18.3. The van der Waals surface area contributed by atoms with Crippen LogP contribution in [0.5, 0.6) is 0 Å². The lowest BCUT2D eigenvalue weighted by Crippen LogP contribution is -2.24. The highest BCUT2D eigenvalue weighted by atomic mass is 32.2. The van der Waals surface area contributed by atoms with Gasteiger partial charge in [0.05, 0.1) is 16.9 Å². The van der Waals surface area contributed by atoms with Crippen molar-refractivity contribution in [2.75, 3.05) is 12.9 Å². The minimum absolute atomic E-state index is 0.121. The van der Waals surface area contributed by atoms with Crippen LogP contribution in [0.15, 0.2) is 22.0 Å². The van der Waals surface area contributed by atoms with Gasteiger partial charge in [-0.15, -0.1) is 0 Å². The maximum absolute atomic E-state index is 13.0. The number of methoxy groups -OCH3 is 1. The van der Waals surface area contributed by atoms with E-state index in [2.05, 4.69) is 5.10 Å². The van der Waals surface area contributed by atoms with E-state index in [-0.39, 0.29) is 23.0 Å². The van der Waals surface area contributed by atoms with E-state index in [1.165, 1.54) is 10.9 Å². The summed E-state index contributed by atoms with van der Waals surface area (Å²) in [5, 5.41) is 2.81. The minimum Gasteiger partial charge on any atom is -0.377 e. The fraction of sp³-hybridized carbons (Fsp3) is 0.444. The minimum atomic E-state index is -1.09. The van der Waals surface area contributed by atoms with Crippen LogP contribution >= 0.6 is 0 Å². The van der Waals surface area contributed by atoms with Gasteiger partial charge in [-0.1, -0.05) is 0 Å². The van der Waals surface area contributed by atoms with Gasteiger partial charge in [-0.2, -0.15) is 0 Å². The van der Waals surface area contributed by atoms with Gasteiger partial charge in [-0.05, 0) is 44.4 Å². The van der Waals surface area contributed by atoms with Gasteiger partial charge in [-0.3, -0.25) is 18.5 Å². The Morgan fingerprint density at radius 3 is 2.72 bits per heavy atom. The first kappa shape index (κ1) is 17.8. The average Bonchev–Trinajstić information content (AvgIpc) is 2.97.